The summed E-state index contributed by atoms with van der Waals surface area (Å²) in [6.07, 6.45) is -3.61. The van der Waals surface area contributed by atoms with Crippen molar-refractivity contribution in [3.8, 4) is 0 Å². The molecule has 2 aromatic rings. The minimum absolute atomic E-state index is 0.0548. The number of alkyl halides is 3. The van der Waals surface area contributed by atoms with E-state index in [9.17, 15) is 13.2 Å². The van der Waals surface area contributed by atoms with Crippen molar-refractivity contribution in [3.63, 3.8) is 0 Å². The number of hydrogen-bond acceptors (Lipinski definition) is 7. The number of aromatic nitrogens is 5. The highest BCUT2D eigenvalue weighted by Gasteiger charge is 2.37. The Morgan fingerprint density at radius 3 is 2.09 bits per heavy atom. The van der Waals surface area contributed by atoms with Crippen molar-refractivity contribution in [3.05, 3.63) is 23.4 Å². The van der Waals surface area contributed by atoms with Crippen LogP contribution in [0.1, 0.15) is 65.3 Å². The first-order valence-corrected chi connectivity index (χ1v) is 12.6. The lowest BCUT2D eigenvalue weighted by atomic mass is 9.90. The van der Waals surface area contributed by atoms with Gasteiger partial charge in [-0.15, -0.1) is 10.2 Å². The molecule has 3 rings (SSSR count). The Morgan fingerprint density at radius 1 is 0.912 bits per heavy atom. The zero-order chi connectivity index (χ0) is 25.3. The molecular weight excluding hydrogens is 463 g/mol. The lowest BCUT2D eigenvalue weighted by Crippen LogP contribution is -2.47. The van der Waals surface area contributed by atoms with Gasteiger partial charge in [0.2, 0.25) is 5.82 Å². The standard InChI is InChI=1S/C23H36F3N7S/c1-21(2,3)16-15-17(28-18(27-16)22(4,5)6)33-12-10-32(11-13-33)9-8-14-34-20-30-29-19(31(20)7)23(24,25)26/h15H,8-14H2,1-7H3. The Balaban J connectivity index is 1.53. The largest absolute Gasteiger partial charge is 0.451 e. The molecule has 1 aliphatic heterocycles. The summed E-state index contributed by atoms with van der Waals surface area (Å²) < 4.78 is 39.6. The Morgan fingerprint density at radius 2 is 1.56 bits per heavy atom. The molecule has 1 aliphatic rings. The molecule has 0 spiro atoms. The second kappa shape index (κ2) is 10.0. The van der Waals surface area contributed by atoms with Crippen LogP contribution in [0.15, 0.2) is 11.2 Å². The first-order chi connectivity index (χ1) is 15.7. The van der Waals surface area contributed by atoms with Crippen LogP contribution in [0.2, 0.25) is 0 Å². The van der Waals surface area contributed by atoms with Gasteiger partial charge < -0.3 is 9.47 Å². The molecule has 0 radical (unpaired) electrons. The van der Waals surface area contributed by atoms with Gasteiger partial charge in [-0.1, -0.05) is 53.3 Å². The summed E-state index contributed by atoms with van der Waals surface area (Å²) in [4.78, 5) is 14.5. The van der Waals surface area contributed by atoms with Gasteiger partial charge in [-0.05, 0) is 13.0 Å². The summed E-state index contributed by atoms with van der Waals surface area (Å²) in [7, 11) is 1.35. The maximum Gasteiger partial charge on any atom is 0.451 e. The fraction of sp³-hybridized carbons (Fsp3) is 0.739. The maximum absolute atomic E-state index is 12.9. The normalized spacial score (nSPS) is 16.4. The van der Waals surface area contributed by atoms with E-state index in [1.807, 2.05) is 0 Å². The number of rotatable bonds is 6. The van der Waals surface area contributed by atoms with Crippen LogP contribution in [0.25, 0.3) is 0 Å². The van der Waals surface area contributed by atoms with Crippen molar-refractivity contribution < 1.29 is 13.2 Å². The van der Waals surface area contributed by atoms with Crippen molar-refractivity contribution in [2.75, 3.05) is 43.4 Å². The van der Waals surface area contributed by atoms with Crippen LogP contribution in [0.3, 0.4) is 0 Å². The number of nitrogens with zero attached hydrogens (tertiary/aromatic N) is 7. The van der Waals surface area contributed by atoms with Crippen molar-refractivity contribution >= 4 is 17.6 Å². The van der Waals surface area contributed by atoms with Gasteiger partial charge in [0.1, 0.15) is 11.6 Å². The molecule has 34 heavy (non-hydrogen) atoms. The molecule has 0 aromatic carbocycles. The molecule has 0 bridgehead atoms. The van der Waals surface area contributed by atoms with Crippen molar-refractivity contribution in [1.29, 1.82) is 0 Å². The van der Waals surface area contributed by atoms with Crippen molar-refractivity contribution in [2.24, 2.45) is 7.05 Å². The monoisotopic (exact) mass is 499 g/mol. The van der Waals surface area contributed by atoms with Gasteiger partial charge >= 0.3 is 6.18 Å². The number of hydrogen-bond donors (Lipinski definition) is 0. The number of piperazine rings is 1. The highest BCUT2D eigenvalue weighted by atomic mass is 32.2. The zero-order valence-electron chi connectivity index (χ0n) is 21.2. The van der Waals surface area contributed by atoms with Gasteiger partial charge in [-0.25, -0.2) is 9.97 Å². The van der Waals surface area contributed by atoms with Gasteiger partial charge in [0.25, 0.3) is 0 Å². The molecule has 0 aliphatic carbocycles. The van der Waals surface area contributed by atoms with E-state index in [-0.39, 0.29) is 10.8 Å². The van der Waals surface area contributed by atoms with Crippen LogP contribution >= 0.6 is 11.8 Å². The van der Waals surface area contributed by atoms with E-state index in [0.717, 1.165) is 61.0 Å². The van der Waals surface area contributed by atoms with Crippen LogP contribution in [0.4, 0.5) is 19.0 Å². The molecule has 7 nitrogen and oxygen atoms in total. The summed E-state index contributed by atoms with van der Waals surface area (Å²) in [6.45, 7) is 17.4. The molecule has 2 aromatic heterocycles. The third-order valence-corrected chi connectivity index (χ3v) is 6.89. The second-order valence-corrected chi connectivity index (χ2v) is 11.9. The van der Waals surface area contributed by atoms with Gasteiger partial charge in [0, 0.05) is 55.9 Å². The highest BCUT2D eigenvalue weighted by molar-refractivity contribution is 7.99. The third-order valence-electron chi connectivity index (χ3n) is 5.79. The average molecular weight is 500 g/mol. The van der Waals surface area contributed by atoms with Gasteiger partial charge in [-0.2, -0.15) is 13.2 Å². The lowest BCUT2D eigenvalue weighted by Gasteiger charge is -2.36. The van der Waals surface area contributed by atoms with Crippen molar-refractivity contribution in [1.82, 2.24) is 29.6 Å². The maximum atomic E-state index is 12.9. The molecular formula is C23H36F3N7S. The molecule has 1 saturated heterocycles. The van der Waals surface area contributed by atoms with E-state index >= 15 is 0 Å². The summed E-state index contributed by atoms with van der Waals surface area (Å²) in [5.41, 5.74) is 0.874. The summed E-state index contributed by atoms with van der Waals surface area (Å²) >= 11 is 1.31. The Bertz CT molecular complexity index is 936. The number of halogens is 3. The molecule has 0 N–H and O–H groups in total. The fourth-order valence-corrected chi connectivity index (χ4v) is 4.49. The predicted octanol–water partition coefficient (Wildman–Crippen LogP) is 4.52. The smallest absolute Gasteiger partial charge is 0.354 e. The quantitative estimate of drug-likeness (QED) is 0.428. The van der Waals surface area contributed by atoms with Crippen molar-refractivity contribution in [2.45, 2.75) is 70.1 Å². The van der Waals surface area contributed by atoms with E-state index in [1.165, 1.54) is 18.8 Å². The molecule has 11 heteroatoms. The molecule has 1 fully saturated rings. The van der Waals surface area contributed by atoms with Crippen LogP contribution < -0.4 is 4.90 Å². The molecule has 0 saturated carbocycles. The average Bonchev–Trinajstić information content (AvgIpc) is 3.11. The third kappa shape index (κ3) is 6.62. The Labute approximate surface area is 204 Å². The topological polar surface area (TPSA) is 63.0 Å². The minimum Gasteiger partial charge on any atom is -0.354 e. The fourth-order valence-electron chi connectivity index (χ4n) is 3.66. The van der Waals surface area contributed by atoms with Gasteiger partial charge in [0.15, 0.2) is 5.16 Å². The van der Waals surface area contributed by atoms with E-state index in [0.29, 0.717) is 10.9 Å². The first kappa shape index (κ1) is 26.7. The number of anilines is 1. The first-order valence-electron chi connectivity index (χ1n) is 11.6. The molecule has 0 amide bonds. The minimum atomic E-state index is -4.48. The Hall–Kier alpha value is -1.88. The summed E-state index contributed by atoms with van der Waals surface area (Å²) in [5.74, 6) is 1.59. The summed E-state index contributed by atoms with van der Waals surface area (Å²) in [5, 5.41) is 7.25. The van der Waals surface area contributed by atoms with E-state index in [2.05, 4.69) is 67.6 Å². The lowest BCUT2D eigenvalue weighted by molar-refractivity contribution is -0.147. The van der Waals surface area contributed by atoms with E-state index < -0.39 is 12.0 Å². The van der Waals surface area contributed by atoms with Crippen LogP contribution in [0, 0.1) is 0 Å². The van der Waals surface area contributed by atoms with Crippen LogP contribution in [-0.4, -0.2) is 68.1 Å². The second-order valence-electron chi connectivity index (χ2n) is 10.8. The highest BCUT2D eigenvalue weighted by Crippen LogP contribution is 2.30. The summed E-state index contributed by atoms with van der Waals surface area (Å²) in [6, 6.07) is 2.12. The van der Waals surface area contributed by atoms with Crippen LogP contribution in [-0.2, 0) is 24.1 Å². The Kier molecular flexibility index (Phi) is 7.86. The molecule has 0 unspecified atom stereocenters. The molecule has 190 valence electrons. The molecule has 3 heterocycles. The van der Waals surface area contributed by atoms with Crippen LogP contribution in [0.5, 0.6) is 0 Å². The van der Waals surface area contributed by atoms with Gasteiger partial charge in [0.05, 0.1) is 5.69 Å². The number of thioether (sulfide) groups is 1. The van der Waals surface area contributed by atoms with Gasteiger partial charge in [-0.3, -0.25) is 4.90 Å². The SMILES string of the molecule is Cn1c(SCCCN2CCN(c3cc(C(C)(C)C)nc(C(C)(C)C)n3)CC2)nnc1C(F)(F)F. The zero-order valence-corrected chi connectivity index (χ0v) is 22.0. The molecule has 0 atom stereocenters. The van der Waals surface area contributed by atoms with E-state index in [4.69, 9.17) is 9.97 Å². The predicted molar refractivity (Wildman–Crippen MR) is 129 cm³/mol. The van der Waals surface area contributed by atoms with E-state index in [1.54, 1.807) is 0 Å².